The Kier molecular flexibility index (Phi) is 6.53. The van der Waals surface area contributed by atoms with E-state index in [2.05, 4.69) is 11.4 Å². The number of hydrogen-bond donors (Lipinski definition) is 1. The van der Waals surface area contributed by atoms with Crippen LogP contribution in [0.2, 0.25) is 0 Å². The van der Waals surface area contributed by atoms with E-state index in [0.717, 1.165) is 19.3 Å². The molecule has 1 aliphatic carbocycles. The van der Waals surface area contributed by atoms with Crippen LogP contribution in [0.1, 0.15) is 41.8 Å². The van der Waals surface area contributed by atoms with Crippen LogP contribution in [0.3, 0.4) is 0 Å². The topological polar surface area (TPSA) is 99.5 Å². The molecule has 8 heteroatoms. The maximum Gasteiger partial charge on any atom is 0.325 e. The first-order valence-electron chi connectivity index (χ1n) is 8.14. The number of hydrogen-bond acceptors (Lipinski definition) is 6. The van der Waals surface area contributed by atoms with E-state index >= 15 is 0 Å². The predicted molar refractivity (Wildman–Crippen MR) is 91.8 cm³/mol. The zero-order valence-corrected chi connectivity index (χ0v) is 14.9. The van der Waals surface area contributed by atoms with Crippen LogP contribution >= 0.6 is 11.3 Å². The second-order valence-corrected chi connectivity index (χ2v) is 6.93. The van der Waals surface area contributed by atoms with Gasteiger partial charge in [-0.05, 0) is 24.3 Å². The molecule has 2 amide bonds. The fourth-order valence-corrected chi connectivity index (χ4v) is 3.48. The fraction of sp³-hybridized carbons (Fsp3) is 0.529. The molecule has 0 saturated heterocycles. The number of rotatable bonds is 6. The van der Waals surface area contributed by atoms with Gasteiger partial charge in [0.05, 0.1) is 10.9 Å². The van der Waals surface area contributed by atoms with Gasteiger partial charge in [-0.2, -0.15) is 5.26 Å². The Balaban J connectivity index is 1.77. The molecule has 1 fully saturated rings. The number of thiophene rings is 1. The molecule has 0 spiro atoms. The molecule has 0 aliphatic heterocycles. The van der Waals surface area contributed by atoms with Crippen LogP contribution in [-0.2, 0) is 14.3 Å². The molecule has 0 radical (unpaired) electrons. The zero-order chi connectivity index (χ0) is 18.3. The summed E-state index contributed by atoms with van der Waals surface area (Å²) in [6.07, 6.45) is 4.14. The summed E-state index contributed by atoms with van der Waals surface area (Å²) < 4.78 is 4.92. The third kappa shape index (κ3) is 4.79. The van der Waals surface area contributed by atoms with Crippen LogP contribution in [0.25, 0.3) is 0 Å². The van der Waals surface area contributed by atoms with E-state index in [-0.39, 0.29) is 12.5 Å². The van der Waals surface area contributed by atoms with Crippen LogP contribution in [0.4, 0.5) is 0 Å². The van der Waals surface area contributed by atoms with E-state index in [0.29, 0.717) is 17.7 Å². The van der Waals surface area contributed by atoms with Crippen LogP contribution in [0, 0.1) is 11.3 Å². The smallest absolute Gasteiger partial charge is 0.325 e. The lowest BCUT2D eigenvalue weighted by Crippen LogP contribution is -2.51. The second-order valence-electron chi connectivity index (χ2n) is 5.98. The molecule has 1 saturated carbocycles. The summed E-state index contributed by atoms with van der Waals surface area (Å²) in [5, 5.41) is 13.7. The van der Waals surface area contributed by atoms with E-state index < -0.39 is 24.0 Å². The molecule has 0 aromatic carbocycles. The number of likely N-dealkylation sites (N-methyl/N-ethyl adjacent to an activating group) is 1. The van der Waals surface area contributed by atoms with Crippen LogP contribution in [-0.4, -0.2) is 48.4 Å². The first kappa shape index (κ1) is 18.9. The van der Waals surface area contributed by atoms with Gasteiger partial charge in [0.15, 0.2) is 6.61 Å². The summed E-state index contributed by atoms with van der Waals surface area (Å²) in [7, 11) is 1.57. The van der Waals surface area contributed by atoms with Crippen molar-refractivity contribution in [1.29, 1.82) is 5.26 Å². The van der Waals surface area contributed by atoms with Gasteiger partial charge in [-0.3, -0.25) is 14.4 Å². The molecule has 2 rings (SSSR count). The van der Waals surface area contributed by atoms with Gasteiger partial charge in [0, 0.05) is 7.05 Å². The largest absolute Gasteiger partial charge is 0.454 e. The fourth-order valence-electron chi connectivity index (χ4n) is 2.83. The number of nitrogens with zero attached hydrogens (tertiary/aromatic N) is 2. The SMILES string of the molecule is CN(C(=O)COC(=O)CNC(=O)c1cccs1)C1(C#N)CCCCC1. The first-order chi connectivity index (χ1) is 12.0. The molecule has 7 nitrogen and oxygen atoms in total. The average Bonchev–Trinajstić information content (AvgIpc) is 3.18. The summed E-state index contributed by atoms with van der Waals surface area (Å²) in [4.78, 5) is 37.6. The number of nitrogens with one attached hydrogen (secondary N) is 1. The Morgan fingerprint density at radius 1 is 1.36 bits per heavy atom. The lowest BCUT2D eigenvalue weighted by atomic mass is 9.81. The molecule has 0 bridgehead atoms. The highest BCUT2D eigenvalue weighted by atomic mass is 32.1. The van der Waals surface area contributed by atoms with E-state index in [1.165, 1.54) is 16.2 Å². The lowest BCUT2D eigenvalue weighted by molar-refractivity contribution is -0.152. The van der Waals surface area contributed by atoms with E-state index in [1.807, 2.05) is 0 Å². The van der Waals surface area contributed by atoms with Gasteiger partial charge in [-0.15, -0.1) is 11.3 Å². The van der Waals surface area contributed by atoms with Crippen LogP contribution in [0.5, 0.6) is 0 Å². The minimum atomic E-state index is -0.810. The minimum Gasteiger partial charge on any atom is -0.454 e. The molecule has 1 heterocycles. The third-order valence-electron chi connectivity index (χ3n) is 4.40. The lowest BCUT2D eigenvalue weighted by Gasteiger charge is -2.38. The molecule has 0 atom stereocenters. The maximum atomic E-state index is 12.2. The van der Waals surface area contributed by atoms with Crippen molar-refractivity contribution in [1.82, 2.24) is 10.2 Å². The Morgan fingerprint density at radius 2 is 2.08 bits per heavy atom. The monoisotopic (exact) mass is 363 g/mol. The molecule has 1 N–H and O–H groups in total. The van der Waals surface area contributed by atoms with Gasteiger partial charge in [-0.25, -0.2) is 0 Å². The number of esters is 1. The highest BCUT2D eigenvalue weighted by Crippen LogP contribution is 2.32. The highest BCUT2D eigenvalue weighted by molar-refractivity contribution is 7.12. The Bertz CT molecular complexity index is 660. The number of nitriles is 1. The van der Waals surface area contributed by atoms with Gasteiger partial charge in [0.25, 0.3) is 11.8 Å². The molecule has 1 aliphatic rings. The van der Waals surface area contributed by atoms with Crippen molar-refractivity contribution in [3.8, 4) is 6.07 Å². The summed E-state index contributed by atoms with van der Waals surface area (Å²) >= 11 is 1.27. The van der Waals surface area contributed by atoms with Gasteiger partial charge in [0.1, 0.15) is 12.1 Å². The third-order valence-corrected chi connectivity index (χ3v) is 5.27. The van der Waals surface area contributed by atoms with Crippen LogP contribution in [0.15, 0.2) is 17.5 Å². The molecule has 1 aromatic rings. The highest BCUT2D eigenvalue weighted by Gasteiger charge is 2.38. The van der Waals surface area contributed by atoms with Crippen molar-refractivity contribution in [2.24, 2.45) is 0 Å². The Labute approximate surface area is 150 Å². The van der Waals surface area contributed by atoms with Crippen molar-refractivity contribution in [3.05, 3.63) is 22.4 Å². The number of amides is 2. The molecule has 1 aromatic heterocycles. The zero-order valence-electron chi connectivity index (χ0n) is 14.1. The van der Waals surface area contributed by atoms with Gasteiger partial charge >= 0.3 is 5.97 Å². The van der Waals surface area contributed by atoms with Crippen molar-refractivity contribution in [3.63, 3.8) is 0 Å². The van der Waals surface area contributed by atoms with Gasteiger partial charge < -0.3 is 15.0 Å². The van der Waals surface area contributed by atoms with E-state index in [1.54, 1.807) is 24.6 Å². The van der Waals surface area contributed by atoms with E-state index in [4.69, 9.17) is 4.74 Å². The normalized spacial score (nSPS) is 15.7. The van der Waals surface area contributed by atoms with Crippen molar-refractivity contribution < 1.29 is 19.1 Å². The van der Waals surface area contributed by atoms with Crippen molar-refractivity contribution in [2.75, 3.05) is 20.2 Å². The van der Waals surface area contributed by atoms with Gasteiger partial charge in [-0.1, -0.05) is 25.3 Å². The quantitative estimate of drug-likeness (QED) is 0.776. The summed E-state index contributed by atoms with van der Waals surface area (Å²) in [5.74, 6) is -1.47. The second kappa shape index (κ2) is 8.62. The summed E-state index contributed by atoms with van der Waals surface area (Å²) in [6.45, 7) is -0.745. The maximum absolute atomic E-state index is 12.2. The standard InChI is InChI=1S/C17H21N3O4S/c1-20(17(12-18)7-3-2-4-8-17)14(21)11-24-15(22)10-19-16(23)13-6-5-9-25-13/h5-6,9H,2-4,7-8,10-11H2,1H3,(H,19,23). The van der Waals surface area contributed by atoms with Crippen LogP contribution < -0.4 is 5.32 Å². The van der Waals surface area contributed by atoms with Crippen molar-refractivity contribution in [2.45, 2.75) is 37.6 Å². The minimum absolute atomic E-state index is 0.308. The summed E-state index contributed by atoms with van der Waals surface area (Å²) in [5.41, 5.74) is -0.810. The first-order valence-corrected chi connectivity index (χ1v) is 9.02. The number of carbonyl (C=O) groups excluding carboxylic acids is 3. The molecule has 25 heavy (non-hydrogen) atoms. The number of ether oxygens (including phenoxy) is 1. The van der Waals surface area contributed by atoms with E-state index in [9.17, 15) is 19.6 Å². The predicted octanol–water partition coefficient (Wildman–Crippen LogP) is 1.71. The Morgan fingerprint density at radius 3 is 2.68 bits per heavy atom. The number of carbonyl (C=O) groups is 3. The van der Waals surface area contributed by atoms with Gasteiger partial charge in [0.2, 0.25) is 0 Å². The molecule has 0 unspecified atom stereocenters. The summed E-state index contributed by atoms with van der Waals surface area (Å²) in [6, 6.07) is 5.64. The molecular formula is C17H21N3O4S. The van der Waals surface area contributed by atoms with Crippen molar-refractivity contribution >= 4 is 29.1 Å². The molecular weight excluding hydrogens is 342 g/mol. The Hall–Kier alpha value is -2.40. The average molecular weight is 363 g/mol. The molecule has 134 valence electrons.